The fourth-order valence-electron chi connectivity index (χ4n) is 4.01. The van der Waals surface area contributed by atoms with Gasteiger partial charge in [-0.2, -0.15) is 0 Å². The van der Waals surface area contributed by atoms with E-state index >= 15 is 0 Å². The molecular weight excluding hydrogens is 541 g/mol. The normalized spacial score (nSPS) is 13.2. The first kappa shape index (κ1) is 27.6. The van der Waals surface area contributed by atoms with Crippen molar-refractivity contribution in [2.24, 2.45) is 0 Å². The Bertz CT molecular complexity index is 1360. The second kappa shape index (κ2) is 12.4. The molecule has 2 aromatic carbocycles. The molecule has 0 saturated heterocycles. The number of thiophene rings is 1. The summed E-state index contributed by atoms with van der Waals surface area (Å²) >= 11 is 8.13. The van der Waals surface area contributed by atoms with Gasteiger partial charge in [-0.3, -0.25) is 9.59 Å². The third-order valence-electron chi connectivity index (χ3n) is 5.93. The summed E-state index contributed by atoms with van der Waals surface area (Å²) in [5.41, 5.74) is 2.90. The van der Waals surface area contributed by atoms with E-state index in [1.807, 2.05) is 61.5 Å². The molecule has 1 unspecified atom stereocenters. The molecule has 2 heterocycles. The predicted molar refractivity (Wildman–Crippen MR) is 157 cm³/mol. The first-order valence-electron chi connectivity index (χ1n) is 11.9. The van der Waals surface area contributed by atoms with Gasteiger partial charge in [0.25, 0.3) is 0 Å². The van der Waals surface area contributed by atoms with Gasteiger partial charge in [0.05, 0.1) is 24.5 Å². The molecule has 0 spiro atoms. The van der Waals surface area contributed by atoms with Crippen molar-refractivity contribution >= 4 is 74.6 Å². The van der Waals surface area contributed by atoms with Crippen molar-refractivity contribution in [3.63, 3.8) is 0 Å². The van der Waals surface area contributed by atoms with Gasteiger partial charge < -0.3 is 25.6 Å². The molecule has 0 radical (unpaired) electrons. The SMILES string of the molecule is COC(=O)c1c(NC(=O)C(C)Sc2cccc(NC(=S)Nc3ccccc3)c2)sc2c1CCN(C(C)=O)C2. The van der Waals surface area contributed by atoms with E-state index in [2.05, 4.69) is 16.0 Å². The minimum absolute atomic E-state index is 0.0207. The van der Waals surface area contributed by atoms with E-state index in [9.17, 15) is 14.4 Å². The number of methoxy groups -OCH3 is 1. The van der Waals surface area contributed by atoms with Gasteiger partial charge in [0.15, 0.2) is 5.11 Å². The number of anilines is 3. The Labute approximate surface area is 235 Å². The zero-order valence-electron chi connectivity index (χ0n) is 21.2. The number of thiocarbonyl (C=S) groups is 1. The summed E-state index contributed by atoms with van der Waals surface area (Å²) in [7, 11) is 1.32. The lowest BCUT2D eigenvalue weighted by molar-refractivity contribution is -0.129. The lowest BCUT2D eigenvalue weighted by Gasteiger charge is -2.25. The molecule has 0 aliphatic carbocycles. The minimum Gasteiger partial charge on any atom is -0.465 e. The number of fused-ring (bicyclic) bond motifs is 1. The number of nitrogens with one attached hydrogen (secondary N) is 3. The van der Waals surface area contributed by atoms with Crippen LogP contribution in [0.1, 0.15) is 34.6 Å². The van der Waals surface area contributed by atoms with Gasteiger partial charge >= 0.3 is 5.97 Å². The number of thioether (sulfide) groups is 1. The molecule has 0 saturated carbocycles. The number of benzene rings is 2. The van der Waals surface area contributed by atoms with E-state index in [0.717, 1.165) is 26.7 Å². The quantitative estimate of drug-likeness (QED) is 0.199. The van der Waals surface area contributed by atoms with Gasteiger partial charge in [-0.05, 0) is 61.5 Å². The van der Waals surface area contributed by atoms with Gasteiger partial charge in [0.2, 0.25) is 11.8 Å². The summed E-state index contributed by atoms with van der Waals surface area (Å²) in [5, 5.41) is 9.70. The summed E-state index contributed by atoms with van der Waals surface area (Å²) in [5.74, 6) is -0.748. The number of nitrogens with zero attached hydrogens (tertiary/aromatic N) is 1. The van der Waals surface area contributed by atoms with Crippen molar-refractivity contribution in [1.29, 1.82) is 0 Å². The first-order valence-corrected chi connectivity index (χ1v) is 14.0. The molecule has 1 aromatic heterocycles. The summed E-state index contributed by atoms with van der Waals surface area (Å²) in [4.78, 5) is 41.1. The molecule has 2 amide bonds. The van der Waals surface area contributed by atoms with Crippen LogP contribution in [0, 0.1) is 0 Å². The van der Waals surface area contributed by atoms with Crippen LogP contribution in [0.15, 0.2) is 59.5 Å². The summed E-state index contributed by atoms with van der Waals surface area (Å²) < 4.78 is 5.00. The molecule has 0 bridgehead atoms. The standard InChI is InChI=1S/C27H28N4O4S3/c1-16(37-20-11-7-10-19(14-20)29-27(36)28-18-8-5-4-6-9-18)24(33)30-25-23(26(34)35-3)21-12-13-31(17(2)32)15-22(21)38-25/h4-11,14,16H,12-13,15H2,1-3H3,(H,30,33)(H2,28,29,36). The van der Waals surface area contributed by atoms with Crippen LogP contribution in [0.2, 0.25) is 0 Å². The molecule has 1 atom stereocenters. The largest absolute Gasteiger partial charge is 0.465 e. The zero-order valence-corrected chi connectivity index (χ0v) is 23.6. The fourth-order valence-corrected chi connectivity index (χ4v) is 6.43. The van der Waals surface area contributed by atoms with Crippen molar-refractivity contribution in [2.75, 3.05) is 29.6 Å². The highest BCUT2D eigenvalue weighted by Gasteiger charge is 2.30. The maximum atomic E-state index is 13.1. The monoisotopic (exact) mass is 568 g/mol. The van der Waals surface area contributed by atoms with E-state index in [-0.39, 0.29) is 11.8 Å². The molecular formula is C27H28N4O4S3. The maximum absolute atomic E-state index is 13.1. The van der Waals surface area contributed by atoms with Crippen LogP contribution in [-0.4, -0.2) is 46.7 Å². The van der Waals surface area contributed by atoms with Crippen molar-refractivity contribution in [1.82, 2.24) is 4.90 Å². The summed E-state index contributed by atoms with van der Waals surface area (Å²) in [6.45, 7) is 4.28. The van der Waals surface area contributed by atoms with Crippen LogP contribution < -0.4 is 16.0 Å². The lowest BCUT2D eigenvalue weighted by Crippen LogP contribution is -2.33. The number of para-hydroxylation sites is 1. The molecule has 3 N–H and O–H groups in total. The Hall–Kier alpha value is -3.41. The second-order valence-corrected chi connectivity index (χ2v) is 11.5. The number of carbonyl (C=O) groups is 3. The number of carbonyl (C=O) groups excluding carboxylic acids is 3. The molecule has 8 nitrogen and oxygen atoms in total. The molecule has 1 aliphatic rings. The van der Waals surface area contributed by atoms with Crippen LogP contribution in [0.25, 0.3) is 0 Å². The van der Waals surface area contributed by atoms with Crippen molar-refractivity contribution in [2.45, 2.75) is 37.0 Å². The molecule has 38 heavy (non-hydrogen) atoms. The predicted octanol–water partition coefficient (Wildman–Crippen LogP) is 5.37. The van der Waals surface area contributed by atoms with E-state index in [1.165, 1.54) is 37.1 Å². The molecule has 1 aliphatic heterocycles. The zero-order chi connectivity index (χ0) is 27.2. The van der Waals surface area contributed by atoms with Gasteiger partial charge in [-0.1, -0.05) is 24.3 Å². The van der Waals surface area contributed by atoms with Gasteiger partial charge in [0, 0.05) is 34.6 Å². The van der Waals surface area contributed by atoms with Crippen molar-refractivity contribution < 1.29 is 19.1 Å². The van der Waals surface area contributed by atoms with Crippen LogP contribution in [-0.2, 0) is 27.3 Å². The van der Waals surface area contributed by atoms with E-state index < -0.39 is 11.2 Å². The Kier molecular flexibility index (Phi) is 9.03. The Morgan fingerprint density at radius 2 is 1.76 bits per heavy atom. The number of hydrogen-bond acceptors (Lipinski definition) is 7. The average molecular weight is 569 g/mol. The summed E-state index contributed by atoms with van der Waals surface area (Å²) in [6.07, 6.45) is 0.538. The van der Waals surface area contributed by atoms with E-state index in [0.29, 0.717) is 35.2 Å². The topological polar surface area (TPSA) is 99.8 Å². The number of ether oxygens (including phenoxy) is 1. The first-order chi connectivity index (χ1) is 18.2. The molecule has 198 valence electrons. The number of rotatable bonds is 7. The van der Waals surface area contributed by atoms with E-state index in [4.69, 9.17) is 17.0 Å². The average Bonchev–Trinajstić information content (AvgIpc) is 3.25. The minimum atomic E-state index is -0.492. The van der Waals surface area contributed by atoms with Crippen molar-refractivity contribution in [3.05, 3.63) is 70.6 Å². The van der Waals surface area contributed by atoms with Gasteiger partial charge in [0.1, 0.15) is 5.00 Å². The highest BCUT2D eigenvalue weighted by molar-refractivity contribution is 8.00. The summed E-state index contributed by atoms with van der Waals surface area (Å²) in [6, 6.07) is 17.3. The van der Waals surface area contributed by atoms with E-state index in [1.54, 1.807) is 4.90 Å². The molecule has 4 rings (SSSR count). The maximum Gasteiger partial charge on any atom is 0.341 e. The Morgan fingerprint density at radius 3 is 2.47 bits per heavy atom. The second-order valence-electron chi connectivity index (χ2n) is 8.61. The molecule has 0 fully saturated rings. The lowest BCUT2D eigenvalue weighted by atomic mass is 10.0. The number of esters is 1. The molecule has 3 aromatic rings. The molecule has 11 heteroatoms. The third kappa shape index (κ3) is 6.72. The van der Waals surface area contributed by atoms with Crippen molar-refractivity contribution in [3.8, 4) is 0 Å². The van der Waals surface area contributed by atoms with Gasteiger partial charge in [-0.15, -0.1) is 23.1 Å². The highest BCUT2D eigenvalue weighted by atomic mass is 32.2. The van der Waals surface area contributed by atoms with Crippen LogP contribution in [0.5, 0.6) is 0 Å². The Balaban J connectivity index is 1.42. The van der Waals surface area contributed by atoms with Crippen LogP contribution in [0.4, 0.5) is 16.4 Å². The van der Waals surface area contributed by atoms with Crippen LogP contribution >= 0.6 is 35.3 Å². The van der Waals surface area contributed by atoms with Gasteiger partial charge in [-0.25, -0.2) is 4.79 Å². The third-order valence-corrected chi connectivity index (χ3v) is 8.36. The number of amides is 2. The smallest absolute Gasteiger partial charge is 0.341 e. The number of hydrogen-bond donors (Lipinski definition) is 3. The fraction of sp³-hybridized carbons (Fsp3) is 0.259. The van der Waals surface area contributed by atoms with Crippen LogP contribution in [0.3, 0.4) is 0 Å². The Morgan fingerprint density at radius 1 is 1.05 bits per heavy atom. The highest BCUT2D eigenvalue weighted by Crippen LogP contribution is 2.38.